The molecule has 3 aromatic carbocycles. The normalized spacial score (nSPS) is 17.5. The molecule has 0 amide bonds. The number of hydrogen-bond donors (Lipinski definition) is 0. The van der Waals surface area contributed by atoms with E-state index in [1.54, 1.807) is 36.4 Å². The Balaban J connectivity index is -0.000000673. The van der Waals surface area contributed by atoms with Crippen LogP contribution in [0.1, 0.15) is 131 Å². The summed E-state index contributed by atoms with van der Waals surface area (Å²) in [4.78, 5) is 48.1. The van der Waals surface area contributed by atoms with Gasteiger partial charge in [-0.3, -0.25) is 14.4 Å². The Morgan fingerprint density at radius 1 is 0.544 bits per heavy atom. The Morgan fingerprint density at radius 3 is 1.46 bits per heavy atom. The molecular weight excluding hydrogens is 777 g/mol. The van der Waals surface area contributed by atoms with Gasteiger partial charge in [0.15, 0.2) is 17.3 Å². The molecule has 0 spiro atoms. The molecule has 4 atom stereocenters. The minimum atomic E-state index is -0.299. The van der Waals surface area contributed by atoms with Crippen LogP contribution in [0.15, 0.2) is 152 Å². The fourth-order valence-corrected chi connectivity index (χ4v) is 5.37. The van der Waals surface area contributed by atoms with E-state index in [1.165, 1.54) is 0 Å². The van der Waals surface area contributed by atoms with Gasteiger partial charge in [0, 0.05) is 55.3 Å². The largest absolute Gasteiger partial charge is 0.352 e. The van der Waals surface area contributed by atoms with Crippen LogP contribution in [0.4, 0.5) is 0 Å². The van der Waals surface area contributed by atoms with E-state index in [-0.39, 0.29) is 79.5 Å². The first-order valence-electron chi connectivity index (χ1n) is 20.7. The van der Waals surface area contributed by atoms with Crippen LogP contribution in [0.2, 0.25) is 0 Å². The first-order chi connectivity index (χ1) is 27.5. The van der Waals surface area contributed by atoms with Crippen molar-refractivity contribution in [3.8, 4) is 0 Å². The second-order valence-corrected chi connectivity index (χ2v) is 10.6. The summed E-state index contributed by atoms with van der Waals surface area (Å²) in [6.07, 6.45) is 25.5. The maximum Gasteiger partial charge on any atom is 0.171 e. The third-order valence-electron chi connectivity index (χ3n) is 7.71. The molecule has 4 aliphatic rings. The fourth-order valence-electron chi connectivity index (χ4n) is 5.37. The van der Waals surface area contributed by atoms with Crippen LogP contribution in [0, 0.1) is 36.2 Å². The van der Waals surface area contributed by atoms with E-state index >= 15 is 0 Å². The van der Waals surface area contributed by atoms with E-state index in [4.69, 9.17) is 0 Å². The Labute approximate surface area is 372 Å². The van der Waals surface area contributed by atoms with E-state index in [9.17, 15) is 19.2 Å². The molecule has 1 radical (unpaired) electrons. The van der Waals surface area contributed by atoms with Crippen molar-refractivity contribution in [1.29, 1.82) is 0 Å². The molecule has 4 unspecified atom stereocenters. The summed E-state index contributed by atoms with van der Waals surface area (Å²) >= 11 is 0. The van der Waals surface area contributed by atoms with Crippen LogP contribution in [-0.2, 0) is 32.7 Å². The first kappa shape index (κ1) is 57.1. The van der Waals surface area contributed by atoms with Crippen LogP contribution in [0.5, 0.6) is 0 Å². The number of carbonyl (C=O) groups is 4. The predicted octanol–water partition coefficient (Wildman–Crippen LogP) is 14.2. The molecule has 4 nitrogen and oxygen atoms in total. The molecule has 0 fully saturated rings. The second kappa shape index (κ2) is 37.3. The second-order valence-electron chi connectivity index (χ2n) is 10.6. The Kier molecular flexibility index (Phi) is 37.4. The first-order valence-corrected chi connectivity index (χ1v) is 20.7. The summed E-state index contributed by atoms with van der Waals surface area (Å²) in [6, 6.07) is 26.7. The van der Waals surface area contributed by atoms with Gasteiger partial charge in [-0.25, -0.2) is 18.6 Å². The molecule has 57 heavy (non-hydrogen) atoms. The van der Waals surface area contributed by atoms with Crippen LogP contribution in [0.25, 0.3) is 0 Å². The SMILES string of the molecule is CC.CC.CC.CC.CC.CC.O=C(c1[c-]cccc1)C1C=CC=C[CH-]1.O=C(c1ccccc1)C1C=CC=CC1.O=C1c2ccccc2C(=O)C2C=CC=CC12.[Y]. The molecule has 305 valence electrons. The van der Waals surface area contributed by atoms with E-state index in [0.29, 0.717) is 16.7 Å². The molecule has 0 N–H and O–H groups in total. The average molecular weight is 846 g/mol. The molecule has 0 heterocycles. The number of rotatable bonds is 4. The van der Waals surface area contributed by atoms with Gasteiger partial charge in [0.1, 0.15) is 0 Å². The van der Waals surface area contributed by atoms with Gasteiger partial charge in [-0.1, -0.05) is 186 Å². The molecule has 0 saturated heterocycles. The van der Waals surface area contributed by atoms with Crippen molar-refractivity contribution < 1.29 is 51.9 Å². The number of Topliss-reactive ketones (excluding diaryl/α,β-unsaturated/α-hetero) is 4. The smallest absolute Gasteiger partial charge is 0.171 e. The van der Waals surface area contributed by atoms with Gasteiger partial charge < -0.3 is 4.79 Å². The minimum Gasteiger partial charge on any atom is -0.352 e. The molecule has 0 aliphatic heterocycles. The van der Waals surface area contributed by atoms with Gasteiger partial charge in [-0.15, -0.1) is 48.0 Å². The van der Waals surface area contributed by atoms with Crippen molar-refractivity contribution >= 4 is 23.1 Å². The maximum absolute atomic E-state index is 12.2. The molecule has 5 heteroatoms. The summed E-state index contributed by atoms with van der Waals surface area (Å²) in [6.45, 7) is 24.0. The summed E-state index contributed by atoms with van der Waals surface area (Å²) in [5, 5.41) is 0. The monoisotopic (exact) mass is 845 g/mol. The molecular formula is C52H68O4Y-2. The van der Waals surface area contributed by atoms with E-state index in [2.05, 4.69) is 6.07 Å². The summed E-state index contributed by atoms with van der Waals surface area (Å²) < 4.78 is 0. The predicted molar refractivity (Wildman–Crippen MR) is 241 cm³/mol. The van der Waals surface area contributed by atoms with Gasteiger partial charge in [0.25, 0.3) is 0 Å². The third kappa shape index (κ3) is 19.2. The Hall–Kier alpha value is -4.25. The van der Waals surface area contributed by atoms with Crippen molar-refractivity contribution in [2.45, 2.75) is 89.5 Å². The van der Waals surface area contributed by atoms with Crippen LogP contribution < -0.4 is 0 Å². The molecule has 7 rings (SSSR count). The number of allylic oxidation sites excluding steroid dienone is 12. The molecule has 0 bridgehead atoms. The van der Waals surface area contributed by atoms with E-state index < -0.39 is 0 Å². The number of hydrogen-bond acceptors (Lipinski definition) is 4. The van der Waals surface area contributed by atoms with Crippen molar-refractivity contribution in [2.24, 2.45) is 23.7 Å². The van der Waals surface area contributed by atoms with Gasteiger partial charge in [-0.2, -0.15) is 0 Å². The topological polar surface area (TPSA) is 68.3 Å². The number of carbonyl (C=O) groups excluding carboxylic acids is 4. The van der Waals surface area contributed by atoms with Crippen molar-refractivity contribution in [3.63, 3.8) is 0 Å². The van der Waals surface area contributed by atoms with Crippen molar-refractivity contribution in [2.75, 3.05) is 0 Å². The van der Waals surface area contributed by atoms with Crippen LogP contribution in [-0.4, -0.2) is 23.1 Å². The number of benzene rings is 3. The standard InChI is InChI=1S/C14H10O2.C13H12O.C13H10O.6C2H6.Y/c15-13-9-5-1-2-6-10(9)14(16)12-8-4-3-7-11(12)13;2*14-13(11-7-3-1-4-8-11)12-9-5-2-6-10-12;6*1-2;/h1-10H;1-9,12H,10H2;1-9,11H;6*1-2H3;/q;;-2;;;;;;;. The summed E-state index contributed by atoms with van der Waals surface area (Å²) in [5.74, 6) is -0.264. The van der Waals surface area contributed by atoms with E-state index in [0.717, 1.165) is 12.0 Å². The van der Waals surface area contributed by atoms with Gasteiger partial charge in [-0.05, 0) is 12.3 Å². The van der Waals surface area contributed by atoms with Gasteiger partial charge in [0.2, 0.25) is 0 Å². The van der Waals surface area contributed by atoms with Gasteiger partial charge >= 0.3 is 0 Å². The van der Waals surface area contributed by atoms with Gasteiger partial charge in [0.05, 0.1) is 17.6 Å². The number of fused-ring (bicyclic) bond motifs is 2. The van der Waals surface area contributed by atoms with Crippen molar-refractivity contribution in [3.05, 3.63) is 187 Å². The number of ketones is 4. The molecule has 0 saturated carbocycles. The molecule has 3 aromatic rings. The third-order valence-corrected chi connectivity index (χ3v) is 7.71. The van der Waals surface area contributed by atoms with Crippen molar-refractivity contribution in [1.82, 2.24) is 0 Å². The van der Waals surface area contributed by atoms with E-state index in [1.807, 2.05) is 205 Å². The Morgan fingerprint density at radius 2 is 1.02 bits per heavy atom. The quantitative estimate of drug-likeness (QED) is 0.194. The Bertz CT molecular complexity index is 1570. The zero-order valence-corrected chi connectivity index (χ0v) is 39.6. The minimum absolute atomic E-state index is 0. The summed E-state index contributed by atoms with van der Waals surface area (Å²) in [5.41, 5.74) is 2.58. The average Bonchev–Trinajstić information content (AvgIpc) is 3.33. The van der Waals surface area contributed by atoms with Crippen LogP contribution in [0.3, 0.4) is 0 Å². The zero-order chi connectivity index (χ0) is 42.7. The summed E-state index contributed by atoms with van der Waals surface area (Å²) in [7, 11) is 0. The zero-order valence-electron chi connectivity index (χ0n) is 36.7. The molecule has 4 aliphatic carbocycles. The van der Waals surface area contributed by atoms with Crippen LogP contribution >= 0.6 is 0 Å². The fraction of sp³-hybridized carbons (Fsp3) is 0.327. The molecule has 0 aromatic heterocycles. The maximum atomic E-state index is 12.2.